The van der Waals surface area contributed by atoms with Crippen LogP contribution in [0.25, 0.3) is 0 Å². The summed E-state index contributed by atoms with van der Waals surface area (Å²) in [5.41, 5.74) is 2.90. The van der Waals surface area contributed by atoms with Crippen molar-refractivity contribution in [3.63, 3.8) is 0 Å². The Hall–Kier alpha value is -2.16. The lowest BCUT2D eigenvalue weighted by molar-refractivity contribution is 0.0383. The molecule has 1 amide bonds. The van der Waals surface area contributed by atoms with Crippen LogP contribution in [0.1, 0.15) is 42.4 Å². The average Bonchev–Trinajstić information content (AvgIpc) is 2.84. The van der Waals surface area contributed by atoms with Crippen molar-refractivity contribution in [1.29, 1.82) is 0 Å². The standard InChI is InChI=1S/C24H35N5O2S/c1-4-21-17-22(29(5-2)6-3)27-24(26-21)32-18-19-7-9-20(10-8-19)23(30)25-11-12-28-13-15-31-16-14-28/h7-10,17H,4-6,11-16,18H2,1-3H3,(H,25,30). The largest absolute Gasteiger partial charge is 0.379 e. The highest BCUT2D eigenvalue weighted by molar-refractivity contribution is 7.98. The van der Waals surface area contributed by atoms with Crippen LogP contribution in [-0.4, -0.2) is 73.3 Å². The molecule has 1 N–H and O–H groups in total. The van der Waals surface area contributed by atoms with Gasteiger partial charge in [0, 0.05) is 62.3 Å². The van der Waals surface area contributed by atoms with Gasteiger partial charge in [0.1, 0.15) is 5.82 Å². The van der Waals surface area contributed by atoms with Crippen LogP contribution in [0.2, 0.25) is 0 Å². The van der Waals surface area contributed by atoms with Crippen molar-refractivity contribution < 1.29 is 9.53 Å². The smallest absolute Gasteiger partial charge is 0.251 e. The third-order valence-electron chi connectivity index (χ3n) is 5.60. The molecule has 0 atom stereocenters. The number of ether oxygens (including phenoxy) is 1. The summed E-state index contributed by atoms with van der Waals surface area (Å²) in [5.74, 6) is 1.73. The normalized spacial score (nSPS) is 14.3. The zero-order chi connectivity index (χ0) is 22.8. The Morgan fingerprint density at radius 1 is 1.12 bits per heavy atom. The Labute approximate surface area is 195 Å². The SMILES string of the molecule is CCc1cc(N(CC)CC)nc(SCc2ccc(C(=O)NCCN3CCOCC3)cc2)n1. The van der Waals surface area contributed by atoms with E-state index in [2.05, 4.69) is 46.9 Å². The maximum absolute atomic E-state index is 12.4. The number of nitrogens with zero attached hydrogens (tertiary/aromatic N) is 4. The number of nitrogens with one attached hydrogen (secondary N) is 1. The first-order valence-corrected chi connectivity index (χ1v) is 12.5. The van der Waals surface area contributed by atoms with E-state index in [-0.39, 0.29) is 5.91 Å². The zero-order valence-corrected chi connectivity index (χ0v) is 20.3. The number of morpholine rings is 1. The molecule has 32 heavy (non-hydrogen) atoms. The fourth-order valence-electron chi connectivity index (χ4n) is 3.57. The van der Waals surface area contributed by atoms with Crippen LogP contribution in [-0.2, 0) is 16.9 Å². The number of amides is 1. The van der Waals surface area contributed by atoms with Crippen molar-refractivity contribution in [2.75, 3.05) is 57.4 Å². The van der Waals surface area contributed by atoms with Crippen molar-refractivity contribution in [1.82, 2.24) is 20.2 Å². The number of rotatable bonds is 11. The third-order valence-corrected chi connectivity index (χ3v) is 6.51. The van der Waals surface area contributed by atoms with Gasteiger partial charge in [-0.1, -0.05) is 30.8 Å². The molecular formula is C24H35N5O2S. The van der Waals surface area contributed by atoms with Gasteiger partial charge < -0.3 is 15.0 Å². The van der Waals surface area contributed by atoms with Crippen LogP contribution in [0, 0.1) is 0 Å². The van der Waals surface area contributed by atoms with E-state index in [1.807, 2.05) is 24.3 Å². The van der Waals surface area contributed by atoms with Crippen LogP contribution in [0.15, 0.2) is 35.5 Å². The highest BCUT2D eigenvalue weighted by atomic mass is 32.2. The van der Waals surface area contributed by atoms with Gasteiger partial charge in [-0.15, -0.1) is 0 Å². The second-order valence-electron chi connectivity index (χ2n) is 7.72. The lowest BCUT2D eigenvalue weighted by atomic mass is 10.1. The number of hydrogen-bond donors (Lipinski definition) is 1. The summed E-state index contributed by atoms with van der Waals surface area (Å²) < 4.78 is 5.35. The Balaban J connectivity index is 1.52. The van der Waals surface area contributed by atoms with E-state index in [9.17, 15) is 4.79 Å². The van der Waals surface area contributed by atoms with Gasteiger partial charge in [0.25, 0.3) is 5.91 Å². The van der Waals surface area contributed by atoms with E-state index >= 15 is 0 Å². The van der Waals surface area contributed by atoms with Gasteiger partial charge >= 0.3 is 0 Å². The molecule has 0 bridgehead atoms. The fraction of sp³-hybridized carbons (Fsp3) is 0.542. The lowest BCUT2D eigenvalue weighted by Gasteiger charge is -2.26. The number of benzene rings is 1. The van der Waals surface area contributed by atoms with Gasteiger partial charge in [-0.3, -0.25) is 9.69 Å². The first-order valence-electron chi connectivity index (χ1n) is 11.6. The number of hydrogen-bond acceptors (Lipinski definition) is 7. The summed E-state index contributed by atoms with van der Waals surface area (Å²) in [5, 5.41) is 3.81. The van der Waals surface area contributed by atoms with Gasteiger partial charge in [-0.25, -0.2) is 9.97 Å². The minimum absolute atomic E-state index is 0.0275. The van der Waals surface area contributed by atoms with E-state index in [0.29, 0.717) is 12.1 Å². The van der Waals surface area contributed by atoms with Crippen LogP contribution < -0.4 is 10.2 Å². The first-order chi connectivity index (χ1) is 15.6. The molecule has 8 heteroatoms. The monoisotopic (exact) mass is 457 g/mol. The van der Waals surface area contributed by atoms with E-state index in [1.165, 1.54) is 0 Å². The molecule has 3 rings (SSSR count). The number of carbonyl (C=O) groups excluding carboxylic acids is 1. The van der Waals surface area contributed by atoms with Gasteiger partial charge in [0.2, 0.25) is 0 Å². The van der Waals surface area contributed by atoms with Crippen molar-refractivity contribution >= 4 is 23.5 Å². The van der Waals surface area contributed by atoms with Crippen LogP contribution in [0.4, 0.5) is 5.82 Å². The topological polar surface area (TPSA) is 70.6 Å². The predicted octanol–water partition coefficient (Wildman–Crippen LogP) is 3.24. The van der Waals surface area contributed by atoms with Gasteiger partial charge in [-0.05, 0) is 38.0 Å². The average molecular weight is 458 g/mol. The van der Waals surface area contributed by atoms with Gasteiger partial charge in [-0.2, -0.15) is 0 Å². The quantitative estimate of drug-likeness (QED) is 0.410. The molecule has 1 aromatic carbocycles. The summed E-state index contributed by atoms with van der Waals surface area (Å²) >= 11 is 1.63. The van der Waals surface area contributed by atoms with Gasteiger partial charge in [0.05, 0.1) is 13.2 Å². The second kappa shape index (κ2) is 12.8. The lowest BCUT2D eigenvalue weighted by Crippen LogP contribution is -2.41. The molecule has 2 aromatic rings. The zero-order valence-electron chi connectivity index (χ0n) is 19.5. The van der Waals surface area contributed by atoms with E-state index in [0.717, 1.165) is 80.3 Å². The summed E-state index contributed by atoms with van der Waals surface area (Å²) in [6, 6.07) is 9.90. The Morgan fingerprint density at radius 3 is 2.50 bits per heavy atom. The van der Waals surface area contributed by atoms with Crippen molar-refractivity contribution in [3.8, 4) is 0 Å². The summed E-state index contributed by atoms with van der Waals surface area (Å²) in [6.45, 7) is 13.2. The molecule has 1 saturated heterocycles. The molecule has 0 saturated carbocycles. The molecule has 1 aliphatic rings. The molecule has 0 aliphatic carbocycles. The first kappa shape index (κ1) is 24.5. The molecule has 0 unspecified atom stereocenters. The van der Waals surface area contributed by atoms with Crippen LogP contribution in [0.5, 0.6) is 0 Å². The van der Waals surface area contributed by atoms with Gasteiger partial charge in [0.15, 0.2) is 5.16 Å². The highest BCUT2D eigenvalue weighted by Gasteiger charge is 2.12. The molecule has 1 aliphatic heterocycles. The van der Waals surface area contributed by atoms with E-state index < -0.39 is 0 Å². The maximum Gasteiger partial charge on any atom is 0.251 e. The number of thioether (sulfide) groups is 1. The molecule has 1 aromatic heterocycles. The minimum Gasteiger partial charge on any atom is -0.379 e. The minimum atomic E-state index is -0.0275. The van der Waals surface area contributed by atoms with Crippen molar-refractivity contribution in [2.24, 2.45) is 0 Å². The molecule has 0 spiro atoms. The molecule has 1 fully saturated rings. The van der Waals surface area contributed by atoms with Crippen molar-refractivity contribution in [3.05, 3.63) is 47.2 Å². The molecule has 2 heterocycles. The molecular weight excluding hydrogens is 422 g/mol. The van der Waals surface area contributed by atoms with Crippen LogP contribution >= 0.6 is 11.8 Å². The predicted molar refractivity (Wildman–Crippen MR) is 131 cm³/mol. The Morgan fingerprint density at radius 2 is 1.84 bits per heavy atom. The second-order valence-corrected chi connectivity index (χ2v) is 8.66. The summed E-state index contributed by atoms with van der Waals surface area (Å²) in [4.78, 5) is 26.4. The number of anilines is 1. The van der Waals surface area contributed by atoms with Crippen LogP contribution in [0.3, 0.4) is 0 Å². The maximum atomic E-state index is 12.4. The number of aromatic nitrogens is 2. The Bertz CT molecular complexity index is 852. The summed E-state index contributed by atoms with van der Waals surface area (Å²) in [6.07, 6.45) is 0.889. The number of aryl methyl sites for hydroxylation is 1. The Kier molecular flexibility index (Phi) is 9.77. The van der Waals surface area contributed by atoms with E-state index in [1.54, 1.807) is 11.8 Å². The molecule has 0 radical (unpaired) electrons. The molecule has 7 nitrogen and oxygen atoms in total. The third kappa shape index (κ3) is 7.18. The number of carbonyl (C=O) groups is 1. The molecule has 174 valence electrons. The van der Waals surface area contributed by atoms with Crippen molar-refractivity contribution in [2.45, 2.75) is 38.1 Å². The van der Waals surface area contributed by atoms with E-state index in [4.69, 9.17) is 9.72 Å². The summed E-state index contributed by atoms with van der Waals surface area (Å²) in [7, 11) is 0. The highest BCUT2D eigenvalue weighted by Crippen LogP contribution is 2.23. The fourth-order valence-corrected chi connectivity index (χ4v) is 4.40.